The van der Waals surface area contributed by atoms with Crippen LogP contribution in [0.1, 0.15) is 27.7 Å². The number of methoxy groups -OCH3 is 3. The standard InChI is InChI=1S/C22H23N3O5/c1-28-16-10-6-13(7-11-16)19-18-20(24-23-19)22(27)25(12-17(29-2)30-3)21(18)14-4-8-15(26)9-5-14/h4-11,17,21,26H,12H2,1-3H3,(H,23,24). The molecule has 2 aromatic carbocycles. The topological polar surface area (TPSA) is 96.9 Å². The van der Waals surface area contributed by atoms with Crippen LogP contribution in [-0.2, 0) is 9.47 Å². The molecule has 8 nitrogen and oxygen atoms in total. The van der Waals surface area contributed by atoms with Gasteiger partial charge in [0.15, 0.2) is 6.29 Å². The number of fused-ring (bicyclic) bond motifs is 1. The smallest absolute Gasteiger partial charge is 0.273 e. The minimum Gasteiger partial charge on any atom is -0.508 e. The molecule has 1 aliphatic heterocycles. The summed E-state index contributed by atoms with van der Waals surface area (Å²) in [4.78, 5) is 14.9. The van der Waals surface area contributed by atoms with Crippen LogP contribution in [0, 0.1) is 0 Å². The maximum absolute atomic E-state index is 13.2. The summed E-state index contributed by atoms with van der Waals surface area (Å²) in [6.07, 6.45) is -0.574. The SMILES string of the molecule is COc1ccc(-c2n[nH]c3c2C(c2ccc(O)cc2)N(CC(OC)OC)C3=O)cc1. The first-order valence-corrected chi connectivity index (χ1v) is 9.45. The second kappa shape index (κ2) is 8.17. The summed E-state index contributed by atoms with van der Waals surface area (Å²) in [7, 11) is 4.68. The van der Waals surface area contributed by atoms with E-state index >= 15 is 0 Å². The van der Waals surface area contributed by atoms with E-state index in [9.17, 15) is 9.90 Å². The Morgan fingerprint density at radius 3 is 2.33 bits per heavy atom. The molecule has 1 unspecified atom stereocenters. The molecule has 1 aliphatic rings. The van der Waals surface area contributed by atoms with Crippen molar-refractivity contribution in [3.8, 4) is 22.8 Å². The fraction of sp³-hybridized carbons (Fsp3) is 0.273. The summed E-state index contributed by atoms with van der Waals surface area (Å²) >= 11 is 0. The Kier molecular flexibility index (Phi) is 5.43. The zero-order valence-corrected chi connectivity index (χ0v) is 17.0. The maximum Gasteiger partial charge on any atom is 0.273 e. The number of hydrogen-bond acceptors (Lipinski definition) is 6. The van der Waals surface area contributed by atoms with Crippen LogP contribution in [0.25, 0.3) is 11.3 Å². The molecule has 0 saturated carbocycles. The van der Waals surface area contributed by atoms with Gasteiger partial charge in [0.2, 0.25) is 0 Å². The number of aromatic hydroxyl groups is 1. The molecule has 0 bridgehead atoms. The van der Waals surface area contributed by atoms with Gasteiger partial charge < -0.3 is 24.2 Å². The van der Waals surface area contributed by atoms with Gasteiger partial charge in [0.25, 0.3) is 5.91 Å². The number of phenolic OH excluding ortho intramolecular Hbond substituents is 1. The number of hydrogen-bond donors (Lipinski definition) is 2. The van der Waals surface area contributed by atoms with Crippen molar-refractivity contribution in [3.05, 3.63) is 65.4 Å². The summed E-state index contributed by atoms with van der Waals surface area (Å²) < 4.78 is 15.9. The van der Waals surface area contributed by atoms with Gasteiger partial charge in [-0.05, 0) is 42.0 Å². The van der Waals surface area contributed by atoms with E-state index < -0.39 is 12.3 Å². The number of benzene rings is 2. The minimum absolute atomic E-state index is 0.157. The van der Waals surface area contributed by atoms with Crippen LogP contribution in [0.2, 0.25) is 0 Å². The van der Waals surface area contributed by atoms with Crippen LogP contribution in [0.5, 0.6) is 11.5 Å². The van der Waals surface area contributed by atoms with Gasteiger partial charge in [0, 0.05) is 25.3 Å². The first kappa shape index (κ1) is 19.9. The second-order valence-corrected chi connectivity index (χ2v) is 6.94. The summed E-state index contributed by atoms with van der Waals surface area (Å²) in [6.45, 7) is 0.238. The number of phenols is 1. The Hall–Kier alpha value is -3.36. The summed E-state index contributed by atoms with van der Waals surface area (Å²) in [5.74, 6) is 0.709. The van der Waals surface area contributed by atoms with E-state index in [1.165, 1.54) is 14.2 Å². The number of aromatic amines is 1. The molecule has 8 heteroatoms. The van der Waals surface area contributed by atoms with E-state index in [2.05, 4.69) is 10.2 Å². The van der Waals surface area contributed by atoms with Crippen LogP contribution in [0.3, 0.4) is 0 Å². The van der Waals surface area contributed by atoms with E-state index in [4.69, 9.17) is 14.2 Å². The van der Waals surface area contributed by atoms with E-state index in [-0.39, 0.29) is 18.2 Å². The van der Waals surface area contributed by atoms with Crippen molar-refractivity contribution < 1.29 is 24.1 Å². The molecule has 4 rings (SSSR count). The van der Waals surface area contributed by atoms with Crippen LogP contribution >= 0.6 is 0 Å². The van der Waals surface area contributed by atoms with Crippen LogP contribution in [0.15, 0.2) is 48.5 Å². The first-order chi connectivity index (χ1) is 14.6. The predicted molar refractivity (Wildman–Crippen MR) is 109 cm³/mol. The number of carbonyl (C=O) groups is 1. The summed E-state index contributed by atoms with van der Waals surface area (Å²) in [5, 5.41) is 17.1. The Labute approximate surface area is 174 Å². The molecule has 156 valence electrons. The minimum atomic E-state index is -0.574. The molecule has 0 fully saturated rings. The molecule has 0 spiro atoms. The Morgan fingerprint density at radius 1 is 1.07 bits per heavy atom. The van der Waals surface area contributed by atoms with E-state index in [1.54, 1.807) is 36.3 Å². The van der Waals surface area contributed by atoms with Crippen molar-refractivity contribution in [1.29, 1.82) is 0 Å². The number of nitrogens with zero attached hydrogens (tertiary/aromatic N) is 2. The second-order valence-electron chi connectivity index (χ2n) is 6.94. The number of aromatic nitrogens is 2. The quantitative estimate of drug-likeness (QED) is 0.583. The van der Waals surface area contributed by atoms with Gasteiger partial charge >= 0.3 is 0 Å². The van der Waals surface area contributed by atoms with Crippen molar-refractivity contribution in [1.82, 2.24) is 15.1 Å². The maximum atomic E-state index is 13.2. The van der Waals surface area contributed by atoms with Crippen molar-refractivity contribution in [2.24, 2.45) is 0 Å². The molecule has 0 aliphatic carbocycles. The molecule has 3 aromatic rings. The molecule has 30 heavy (non-hydrogen) atoms. The third kappa shape index (κ3) is 3.40. The fourth-order valence-corrected chi connectivity index (χ4v) is 3.76. The lowest BCUT2D eigenvalue weighted by molar-refractivity contribution is -0.113. The van der Waals surface area contributed by atoms with Crippen LogP contribution in [-0.4, -0.2) is 60.3 Å². The fourth-order valence-electron chi connectivity index (χ4n) is 3.76. The average Bonchev–Trinajstić information content (AvgIpc) is 3.32. The number of rotatable bonds is 7. The number of nitrogens with one attached hydrogen (secondary N) is 1. The number of amides is 1. The Bertz CT molecular complexity index is 1030. The van der Waals surface area contributed by atoms with Gasteiger partial charge in [-0.1, -0.05) is 12.1 Å². The monoisotopic (exact) mass is 409 g/mol. The predicted octanol–water partition coefficient (Wildman–Crippen LogP) is 2.96. The third-order valence-corrected chi connectivity index (χ3v) is 5.31. The first-order valence-electron chi connectivity index (χ1n) is 9.45. The molecule has 1 atom stereocenters. The van der Waals surface area contributed by atoms with Crippen LogP contribution in [0.4, 0.5) is 0 Å². The highest BCUT2D eigenvalue weighted by molar-refractivity contribution is 6.00. The molecular weight excluding hydrogens is 386 g/mol. The Morgan fingerprint density at radius 2 is 1.73 bits per heavy atom. The van der Waals surface area contributed by atoms with Crippen molar-refractivity contribution in [2.45, 2.75) is 12.3 Å². The number of ether oxygens (including phenoxy) is 3. The lowest BCUT2D eigenvalue weighted by Crippen LogP contribution is -2.38. The third-order valence-electron chi connectivity index (χ3n) is 5.31. The van der Waals surface area contributed by atoms with Gasteiger partial charge in [-0.3, -0.25) is 9.89 Å². The molecular formula is C22H23N3O5. The molecule has 2 N–H and O–H groups in total. The highest BCUT2D eigenvalue weighted by Gasteiger charge is 2.43. The molecule has 1 aromatic heterocycles. The molecule has 1 amide bonds. The number of carbonyl (C=O) groups excluding carboxylic acids is 1. The van der Waals surface area contributed by atoms with Crippen molar-refractivity contribution in [3.63, 3.8) is 0 Å². The number of H-pyrrole nitrogens is 1. The van der Waals surface area contributed by atoms with Crippen molar-refractivity contribution in [2.75, 3.05) is 27.9 Å². The zero-order chi connectivity index (χ0) is 21.3. The normalized spacial score (nSPS) is 15.7. The summed E-state index contributed by atoms with van der Waals surface area (Å²) in [6, 6.07) is 13.9. The highest BCUT2D eigenvalue weighted by atomic mass is 16.7. The zero-order valence-electron chi connectivity index (χ0n) is 17.0. The highest BCUT2D eigenvalue weighted by Crippen LogP contribution is 2.43. The van der Waals surface area contributed by atoms with Crippen molar-refractivity contribution >= 4 is 5.91 Å². The van der Waals surface area contributed by atoms with E-state index in [0.29, 0.717) is 11.4 Å². The van der Waals surface area contributed by atoms with E-state index in [0.717, 1.165) is 22.4 Å². The lowest BCUT2D eigenvalue weighted by atomic mass is 9.96. The van der Waals surface area contributed by atoms with E-state index in [1.807, 2.05) is 24.3 Å². The largest absolute Gasteiger partial charge is 0.508 e. The summed E-state index contributed by atoms with van der Waals surface area (Å²) in [5.41, 5.74) is 3.61. The lowest BCUT2D eigenvalue weighted by Gasteiger charge is -2.29. The van der Waals surface area contributed by atoms with Crippen LogP contribution < -0.4 is 4.74 Å². The van der Waals surface area contributed by atoms with Gasteiger partial charge in [-0.15, -0.1) is 0 Å². The Balaban J connectivity index is 1.82. The van der Waals surface area contributed by atoms with Gasteiger partial charge in [0.05, 0.1) is 25.4 Å². The van der Waals surface area contributed by atoms with Gasteiger partial charge in [-0.25, -0.2) is 0 Å². The van der Waals surface area contributed by atoms with Gasteiger partial charge in [0.1, 0.15) is 17.2 Å². The molecule has 2 heterocycles. The van der Waals surface area contributed by atoms with Gasteiger partial charge in [-0.2, -0.15) is 5.10 Å². The average molecular weight is 409 g/mol. The molecule has 0 saturated heterocycles. The molecule has 0 radical (unpaired) electrons.